The lowest BCUT2D eigenvalue weighted by Crippen LogP contribution is -2.32. The number of nitrogens with zero attached hydrogens (tertiary/aromatic N) is 1. The number of hydrogen-bond acceptors (Lipinski definition) is 4. The summed E-state index contributed by atoms with van der Waals surface area (Å²) >= 11 is 0. The summed E-state index contributed by atoms with van der Waals surface area (Å²) in [4.78, 5) is 27.3. The molecule has 2 amide bonds. The Balaban J connectivity index is 1.99. The van der Waals surface area contributed by atoms with E-state index in [9.17, 15) is 9.59 Å². The second-order valence-electron chi connectivity index (χ2n) is 7.67. The van der Waals surface area contributed by atoms with Gasteiger partial charge < -0.3 is 20.7 Å². The van der Waals surface area contributed by atoms with Crippen molar-refractivity contribution in [3.8, 4) is 11.5 Å². The molecule has 6 nitrogen and oxygen atoms in total. The molecule has 0 spiro atoms. The third-order valence-corrected chi connectivity index (χ3v) is 5.30. The summed E-state index contributed by atoms with van der Waals surface area (Å²) in [7, 11) is 0. The van der Waals surface area contributed by atoms with Crippen molar-refractivity contribution in [1.82, 2.24) is 4.90 Å². The molecule has 0 bridgehead atoms. The minimum atomic E-state index is -0.620. The predicted molar refractivity (Wildman–Crippen MR) is 119 cm³/mol. The molecule has 0 saturated carbocycles. The first-order valence-electron chi connectivity index (χ1n) is 10.8. The highest BCUT2D eigenvalue weighted by atomic mass is 16.5. The number of para-hydroxylation sites is 1. The summed E-state index contributed by atoms with van der Waals surface area (Å²) in [6, 6.07) is 12.6. The number of carbonyl (C=O) groups excluding carboxylic acids is 2. The summed E-state index contributed by atoms with van der Waals surface area (Å²) in [5, 5.41) is 3.34. The van der Waals surface area contributed by atoms with E-state index in [1.165, 1.54) is 0 Å². The van der Waals surface area contributed by atoms with E-state index in [4.69, 9.17) is 10.5 Å². The molecule has 1 aliphatic rings. The van der Waals surface area contributed by atoms with E-state index in [0.29, 0.717) is 29.3 Å². The first kappa shape index (κ1) is 21.7. The minimum Gasteiger partial charge on any atom is -0.454 e. The van der Waals surface area contributed by atoms with E-state index in [2.05, 4.69) is 12.2 Å². The van der Waals surface area contributed by atoms with Crippen molar-refractivity contribution >= 4 is 17.5 Å². The van der Waals surface area contributed by atoms with Crippen LogP contribution in [0.25, 0.3) is 0 Å². The number of unbranched alkanes of at least 4 members (excludes halogenated alkanes) is 1. The van der Waals surface area contributed by atoms with E-state index < -0.39 is 5.91 Å². The van der Waals surface area contributed by atoms with Crippen LogP contribution >= 0.6 is 0 Å². The zero-order chi connectivity index (χ0) is 21.3. The average molecular weight is 410 g/mol. The molecule has 0 radical (unpaired) electrons. The first-order valence-corrected chi connectivity index (χ1v) is 10.8. The summed E-state index contributed by atoms with van der Waals surface area (Å²) in [6.07, 6.45) is 6.28. The number of benzene rings is 2. The number of likely N-dealkylation sites (tertiary alicyclic amines) is 1. The number of rotatable bonds is 8. The maximum absolute atomic E-state index is 13.2. The molecule has 6 heteroatoms. The molecule has 0 unspecified atom stereocenters. The van der Waals surface area contributed by atoms with E-state index in [-0.39, 0.29) is 11.5 Å². The van der Waals surface area contributed by atoms with Crippen LogP contribution < -0.4 is 15.8 Å². The van der Waals surface area contributed by atoms with Crippen molar-refractivity contribution in [3.63, 3.8) is 0 Å². The standard InChI is InChI=1S/C24H31N3O3/c1-2-3-13-26-21-17-18(24(29)27-14-9-4-5-10-15-27)16-20(23(25)28)22(21)30-19-11-7-6-8-12-19/h6-8,11-12,16-17,26H,2-5,9-10,13-15H2,1H3,(H2,25,28). The molecule has 0 aliphatic carbocycles. The van der Waals surface area contributed by atoms with Crippen LogP contribution in [0.2, 0.25) is 0 Å². The van der Waals surface area contributed by atoms with E-state index >= 15 is 0 Å². The van der Waals surface area contributed by atoms with E-state index in [1.807, 2.05) is 35.2 Å². The fourth-order valence-electron chi connectivity index (χ4n) is 3.64. The third kappa shape index (κ3) is 5.53. The van der Waals surface area contributed by atoms with Crippen LogP contribution in [0.3, 0.4) is 0 Å². The molecular formula is C24H31N3O3. The quantitative estimate of drug-likeness (QED) is 0.613. The van der Waals surface area contributed by atoms with Gasteiger partial charge in [-0.3, -0.25) is 9.59 Å². The zero-order valence-corrected chi connectivity index (χ0v) is 17.7. The van der Waals surface area contributed by atoms with Crippen LogP contribution in [0.1, 0.15) is 66.2 Å². The van der Waals surface area contributed by atoms with Crippen LogP contribution in [-0.4, -0.2) is 36.3 Å². The monoisotopic (exact) mass is 409 g/mol. The van der Waals surface area contributed by atoms with Gasteiger partial charge in [-0.1, -0.05) is 44.4 Å². The van der Waals surface area contributed by atoms with Gasteiger partial charge in [0.25, 0.3) is 11.8 Å². The van der Waals surface area contributed by atoms with Gasteiger partial charge in [-0.25, -0.2) is 0 Å². The third-order valence-electron chi connectivity index (χ3n) is 5.30. The van der Waals surface area contributed by atoms with Gasteiger partial charge in [0.1, 0.15) is 5.75 Å². The summed E-state index contributed by atoms with van der Waals surface area (Å²) in [5.74, 6) is 0.275. The number of nitrogens with one attached hydrogen (secondary N) is 1. The van der Waals surface area contributed by atoms with Crippen LogP contribution in [0, 0.1) is 0 Å². The van der Waals surface area contributed by atoms with E-state index in [0.717, 1.165) is 51.6 Å². The molecule has 160 valence electrons. The van der Waals surface area contributed by atoms with Crippen molar-refractivity contribution in [2.24, 2.45) is 5.73 Å². The molecule has 2 aromatic rings. The number of carbonyl (C=O) groups is 2. The molecule has 30 heavy (non-hydrogen) atoms. The van der Waals surface area contributed by atoms with Gasteiger partial charge in [0.05, 0.1) is 11.3 Å². The number of ether oxygens (including phenoxy) is 1. The summed E-state index contributed by atoms with van der Waals surface area (Å²) < 4.78 is 6.04. The predicted octanol–water partition coefficient (Wildman–Crippen LogP) is 4.81. The molecule has 1 saturated heterocycles. The van der Waals surface area contributed by atoms with Gasteiger partial charge in [0.15, 0.2) is 5.75 Å². The fourth-order valence-corrected chi connectivity index (χ4v) is 3.64. The number of anilines is 1. The van der Waals surface area contributed by atoms with Crippen molar-refractivity contribution in [3.05, 3.63) is 53.6 Å². The molecule has 1 fully saturated rings. The van der Waals surface area contributed by atoms with Gasteiger partial charge in [0.2, 0.25) is 0 Å². The topological polar surface area (TPSA) is 84.7 Å². The van der Waals surface area contributed by atoms with Gasteiger partial charge in [0, 0.05) is 25.2 Å². The van der Waals surface area contributed by atoms with Crippen molar-refractivity contribution in [2.75, 3.05) is 25.0 Å². The largest absolute Gasteiger partial charge is 0.454 e. The Morgan fingerprint density at radius 1 is 1.07 bits per heavy atom. The molecule has 0 aromatic heterocycles. The molecule has 3 N–H and O–H groups in total. The lowest BCUT2D eigenvalue weighted by atomic mass is 10.0. The average Bonchev–Trinajstić information content (AvgIpc) is 3.04. The van der Waals surface area contributed by atoms with Gasteiger partial charge >= 0.3 is 0 Å². The first-order chi connectivity index (χ1) is 14.6. The normalized spacial score (nSPS) is 14.1. The van der Waals surface area contributed by atoms with Gasteiger partial charge in [-0.2, -0.15) is 0 Å². The van der Waals surface area contributed by atoms with Crippen molar-refractivity contribution < 1.29 is 14.3 Å². The lowest BCUT2D eigenvalue weighted by Gasteiger charge is -2.22. The number of hydrogen-bond donors (Lipinski definition) is 2. The number of primary amides is 1. The van der Waals surface area contributed by atoms with Gasteiger partial charge in [-0.15, -0.1) is 0 Å². The number of amides is 2. The number of nitrogens with two attached hydrogens (primary N) is 1. The van der Waals surface area contributed by atoms with Crippen LogP contribution in [0.5, 0.6) is 11.5 Å². The Morgan fingerprint density at radius 3 is 2.40 bits per heavy atom. The Morgan fingerprint density at radius 2 is 1.77 bits per heavy atom. The Bertz CT molecular complexity index is 859. The zero-order valence-electron chi connectivity index (χ0n) is 17.7. The Hall–Kier alpha value is -3.02. The van der Waals surface area contributed by atoms with Crippen LogP contribution in [-0.2, 0) is 0 Å². The fraction of sp³-hybridized carbons (Fsp3) is 0.417. The highest BCUT2D eigenvalue weighted by Crippen LogP contribution is 2.35. The maximum atomic E-state index is 13.2. The molecule has 0 atom stereocenters. The molecule has 1 aliphatic heterocycles. The Kier molecular flexibility index (Phi) is 7.71. The second-order valence-corrected chi connectivity index (χ2v) is 7.67. The highest BCUT2D eigenvalue weighted by molar-refractivity contribution is 6.03. The van der Waals surface area contributed by atoms with Crippen LogP contribution in [0.15, 0.2) is 42.5 Å². The summed E-state index contributed by atoms with van der Waals surface area (Å²) in [6.45, 7) is 4.30. The second kappa shape index (κ2) is 10.7. The molecule has 2 aromatic carbocycles. The van der Waals surface area contributed by atoms with Gasteiger partial charge in [-0.05, 0) is 43.5 Å². The van der Waals surface area contributed by atoms with E-state index in [1.54, 1.807) is 12.1 Å². The minimum absolute atomic E-state index is 0.0656. The molecule has 1 heterocycles. The maximum Gasteiger partial charge on any atom is 0.253 e. The smallest absolute Gasteiger partial charge is 0.253 e. The lowest BCUT2D eigenvalue weighted by molar-refractivity contribution is 0.0761. The van der Waals surface area contributed by atoms with Crippen LogP contribution in [0.4, 0.5) is 5.69 Å². The van der Waals surface area contributed by atoms with Crippen molar-refractivity contribution in [1.29, 1.82) is 0 Å². The molecular weight excluding hydrogens is 378 g/mol. The highest BCUT2D eigenvalue weighted by Gasteiger charge is 2.23. The van der Waals surface area contributed by atoms with Crippen molar-refractivity contribution in [2.45, 2.75) is 45.4 Å². The summed E-state index contributed by atoms with van der Waals surface area (Å²) in [5.41, 5.74) is 6.98. The Labute approximate surface area is 178 Å². The molecule has 3 rings (SSSR count). The SMILES string of the molecule is CCCCNc1cc(C(=O)N2CCCCCC2)cc(C(N)=O)c1Oc1ccccc1.